The second-order valence-electron chi connectivity index (χ2n) is 6.41. The average molecular weight is 471 g/mol. The van der Waals surface area contributed by atoms with Crippen LogP contribution in [0.4, 0.5) is 5.69 Å². The smallest absolute Gasteiger partial charge is 0.343 e. The Balaban J connectivity index is 1.82. The van der Waals surface area contributed by atoms with Crippen molar-refractivity contribution in [3.05, 3.63) is 81.3 Å². The van der Waals surface area contributed by atoms with Crippen LogP contribution in [-0.4, -0.2) is 39.2 Å². The van der Waals surface area contributed by atoms with Crippen LogP contribution in [0.15, 0.2) is 60.0 Å². The standard InChI is InChI=1S/C22H18N2O6S2/c1-3-11-23-20(25)19(32-22(23)31)13-14-5-10-17(18(12-14)29-4-2)30-21(26)15-6-8-16(9-7-15)24(27)28/h3,5-10,12-13H,1,4,11H2,2H3/b19-13+. The fourth-order valence-electron chi connectivity index (χ4n) is 2.78. The van der Waals surface area contributed by atoms with Crippen molar-refractivity contribution >= 4 is 51.9 Å². The lowest BCUT2D eigenvalue weighted by Crippen LogP contribution is -2.27. The molecular weight excluding hydrogens is 452 g/mol. The molecule has 2 aromatic rings. The van der Waals surface area contributed by atoms with E-state index in [9.17, 15) is 19.7 Å². The van der Waals surface area contributed by atoms with E-state index in [1.54, 1.807) is 37.3 Å². The minimum Gasteiger partial charge on any atom is -0.490 e. The van der Waals surface area contributed by atoms with Gasteiger partial charge in [-0.15, -0.1) is 6.58 Å². The third-order valence-corrected chi connectivity index (χ3v) is 5.64. The van der Waals surface area contributed by atoms with E-state index in [4.69, 9.17) is 21.7 Å². The first-order valence-electron chi connectivity index (χ1n) is 9.43. The molecule has 0 aliphatic carbocycles. The van der Waals surface area contributed by atoms with E-state index < -0.39 is 10.9 Å². The number of amides is 1. The molecule has 1 saturated heterocycles. The van der Waals surface area contributed by atoms with Crippen LogP contribution in [0.3, 0.4) is 0 Å². The minimum atomic E-state index is -0.682. The van der Waals surface area contributed by atoms with E-state index in [1.807, 2.05) is 0 Å². The predicted molar refractivity (Wildman–Crippen MR) is 126 cm³/mol. The third kappa shape index (κ3) is 5.21. The molecule has 32 heavy (non-hydrogen) atoms. The van der Waals surface area contributed by atoms with Gasteiger partial charge in [0.05, 0.1) is 22.0 Å². The fraction of sp³-hybridized carbons (Fsp3) is 0.136. The van der Waals surface area contributed by atoms with Crippen molar-refractivity contribution < 1.29 is 24.0 Å². The van der Waals surface area contributed by atoms with Crippen LogP contribution in [0.2, 0.25) is 0 Å². The van der Waals surface area contributed by atoms with Gasteiger partial charge in [0.25, 0.3) is 11.6 Å². The summed E-state index contributed by atoms with van der Waals surface area (Å²) in [6.07, 6.45) is 3.29. The Kier molecular flexibility index (Phi) is 7.39. The number of hydrogen-bond donors (Lipinski definition) is 0. The summed E-state index contributed by atoms with van der Waals surface area (Å²) in [5.41, 5.74) is 0.704. The molecule has 0 spiro atoms. The number of non-ortho nitro benzene ring substituents is 1. The maximum absolute atomic E-state index is 12.5. The zero-order chi connectivity index (χ0) is 23.3. The molecular formula is C22H18N2O6S2. The number of nitrogens with zero attached hydrogens (tertiary/aromatic N) is 2. The lowest BCUT2D eigenvalue weighted by atomic mass is 10.1. The number of nitro benzene ring substituents is 1. The molecule has 0 unspecified atom stereocenters. The number of nitro groups is 1. The van der Waals surface area contributed by atoms with Gasteiger partial charge in [-0.2, -0.15) is 0 Å². The van der Waals surface area contributed by atoms with Crippen molar-refractivity contribution in [2.45, 2.75) is 6.92 Å². The van der Waals surface area contributed by atoms with E-state index in [0.29, 0.717) is 33.7 Å². The second kappa shape index (κ2) is 10.2. The fourth-order valence-corrected chi connectivity index (χ4v) is 4.06. The molecule has 0 N–H and O–H groups in total. The monoisotopic (exact) mass is 470 g/mol. The Morgan fingerprint density at radius 3 is 2.59 bits per heavy atom. The van der Waals surface area contributed by atoms with Crippen LogP contribution in [0, 0.1) is 10.1 Å². The molecule has 1 aliphatic rings. The van der Waals surface area contributed by atoms with Gasteiger partial charge in [-0.25, -0.2) is 4.79 Å². The highest BCUT2D eigenvalue weighted by atomic mass is 32.2. The minimum absolute atomic E-state index is 0.126. The first-order chi connectivity index (χ1) is 15.3. The summed E-state index contributed by atoms with van der Waals surface area (Å²) in [6, 6.07) is 9.99. The number of thiocarbonyl (C=S) groups is 1. The maximum atomic E-state index is 12.5. The van der Waals surface area contributed by atoms with E-state index in [2.05, 4.69) is 6.58 Å². The Labute approximate surface area is 193 Å². The van der Waals surface area contributed by atoms with Crippen molar-refractivity contribution in [1.82, 2.24) is 4.90 Å². The molecule has 8 nitrogen and oxygen atoms in total. The molecule has 2 aromatic carbocycles. The molecule has 10 heteroatoms. The van der Waals surface area contributed by atoms with Crippen LogP contribution in [0.25, 0.3) is 6.08 Å². The van der Waals surface area contributed by atoms with Gasteiger partial charge in [-0.05, 0) is 42.8 Å². The molecule has 0 atom stereocenters. The van der Waals surface area contributed by atoms with Gasteiger partial charge >= 0.3 is 5.97 Å². The molecule has 1 fully saturated rings. The molecule has 3 rings (SSSR count). The number of carbonyl (C=O) groups excluding carboxylic acids is 2. The number of hydrogen-bond acceptors (Lipinski definition) is 8. The van der Waals surface area contributed by atoms with Crippen LogP contribution in [0.5, 0.6) is 11.5 Å². The van der Waals surface area contributed by atoms with Crippen molar-refractivity contribution in [3.63, 3.8) is 0 Å². The van der Waals surface area contributed by atoms with Gasteiger partial charge < -0.3 is 9.47 Å². The summed E-state index contributed by atoms with van der Waals surface area (Å²) in [5, 5.41) is 10.8. The third-order valence-electron chi connectivity index (χ3n) is 4.27. The number of thioether (sulfide) groups is 1. The molecule has 0 radical (unpaired) electrons. The highest BCUT2D eigenvalue weighted by molar-refractivity contribution is 8.26. The average Bonchev–Trinajstić information content (AvgIpc) is 3.03. The van der Waals surface area contributed by atoms with Crippen molar-refractivity contribution in [2.24, 2.45) is 0 Å². The van der Waals surface area contributed by atoms with E-state index >= 15 is 0 Å². The number of carbonyl (C=O) groups is 2. The van der Waals surface area contributed by atoms with Gasteiger partial charge in [0.1, 0.15) is 4.32 Å². The number of ether oxygens (including phenoxy) is 2. The maximum Gasteiger partial charge on any atom is 0.343 e. The Morgan fingerprint density at radius 1 is 1.25 bits per heavy atom. The second-order valence-corrected chi connectivity index (χ2v) is 8.09. The van der Waals surface area contributed by atoms with Crippen LogP contribution < -0.4 is 9.47 Å². The van der Waals surface area contributed by atoms with Crippen molar-refractivity contribution in [3.8, 4) is 11.5 Å². The van der Waals surface area contributed by atoms with Gasteiger partial charge in [0, 0.05) is 18.7 Å². The Morgan fingerprint density at radius 2 is 1.97 bits per heavy atom. The Hall–Kier alpha value is -3.50. The van der Waals surface area contributed by atoms with Crippen LogP contribution >= 0.6 is 24.0 Å². The largest absolute Gasteiger partial charge is 0.490 e. The van der Waals surface area contributed by atoms with Gasteiger partial charge in [0.2, 0.25) is 0 Å². The number of benzene rings is 2. The summed E-state index contributed by atoms with van der Waals surface area (Å²) in [5.74, 6) is -0.380. The molecule has 1 amide bonds. The van der Waals surface area contributed by atoms with E-state index in [1.165, 1.54) is 40.9 Å². The first kappa shape index (κ1) is 23.2. The lowest BCUT2D eigenvalue weighted by Gasteiger charge is -2.12. The highest BCUT2D eigenvalue weighted by Crippen LogP contribution is 2.35. The van der Waals surface area contributed by atoms with Gasteiger partial charge in [0.15, 0.2) is 11.5 Å². The van der Waals surface area contributed by atoms with Crippen molar-refractivity contribution in [1.29, 1.82) is 0 Å². The molecule has 164 valence electrons. The normalized spacial score (nSPS) is 14.5. The summed E-state index contributed by atoms with van der Waals surface area (Å²) in [4.78, 5) is 37.1. The zero-order valence-electron chi connectivity index (χ0n) is 17.0. The zero-order valence-corrected chi connectivity index (χ0v) is 18.6. The van der Waals surface area contributed by atoms with Gasteiger partial charge in [-0.3, -0.25) is 19.8 Å². The lowest BCUT2D eigenvalue weighted by molar-refractivity contribution is -0.384. The van der Waals surface area contributed by atoms with Crippen LogP contribution in [0.1, 0.15) is 22.8 Å². The summed E-state index contributed by atoms with van der Waals surface area (Å²) >= 11 is 6.44. The van der Waals surface area contributed by atoms with Crippen LogP contribution in [-0.2, 0) is 4.79 Å². The number of esters is 1. The molecule has 0 bridgehead atoms. The SMILES string of the molecule is C=CCN1C(=O)/C(=C\c2ccc(OC(=O)c3ccc([N+](=O)[O-])cc3)c(OCC)c2)SC1=S. The molecule has 1 heterocycles. The highest BCUT2D eigenvalue weighted by Gasteiger charge is 2.31. The number of rotatable bonds is 8. The first-order valence-corrected chi connectivity index (χ1v) is 10.7. The summed E-state index contributed by atoms with van der Waals surface area (Å²) < 4.78 is 11.5. The van der Waals surface area contributed by atoms with Crippen molar-refractivity contribution in [2.75, 3.05) is 13.2 Å². The summed E-state index contributed by atoms with van der Waals surface area (Å²) in [6.45, 7) is 6.08. The predicted octanol–water partition coefficient (Wildman–Crippen LogP) is 4.60. The topological polar surface area (TPSA) is 99.0 Å². The Bertz CT molecular complexity index is 1130. The molecule has 0 aromatic heterocycles. The van der Waals surface area contributed by atoms with E-state index in [-0.39, 0.29) is 22.9 Å². The summed E-state index contributed by atoms with van der Waals surface area (Å²) in [7, 11) is 0. The quantitative estimate of drug-likeness (QED) is 0.105. The molecule has 1 aliphatic heterocycles. The van der Waals surface area contributed by atoms with E-state index in [0.717, 1.165) is 0 Å². The molecule has 0 saturated carbocycles. The van der Waals surface area contributed by atoms with Gasteiger partial charge in [-0.1, -0.05) is 36.1 Å².